The number of halogens is 2. The molecule has 0 aromatic heterocycles. The van der Waals surface area contributed by atoms with Crippen molar-refractivity contribution >= 4 is 50.7 Å². The van der Waals surface area contributed by atoms with E-state index in [2.05, 4.69) is 5.32 Å². The SMILES string of the molecule is CCC(C(=O)NC(C)C)N(Cc1ccc(Cl)c(Cl)c1)C(=O)CN(c1ccc2c(c1)OCO2)S(=O)(=O)CC. The lowest BCUT2D eigenvalue weighted by Gasteiger charge is -2.33. The van der Waals surface area contributed by atoms with Crippen LogP contribution in [0.4, 0.5) is 5.69 Å². The van der Waals surface area contributed by atoms with Gasteiger partial charge in [-0.3, -0.25) is 13.9 Å². The summed E-state index contributed by atoms with van der Waals surface area (Å²) in [5.74, 6) is -0.240. The fourth-order valence-electron chi connectivity index (χ4n) is 3.90. The van der Waals surface area contributed by atoms with Gasteiger partial charge in [-0.1, -0.05) is 36.2 Å². The first-order valence-electron chi connectivity index (χ1n) is 11.9. The van der Waals surface area contributed by atoms with Crippen molar-refractivity contribution < 1.29 is 27.5 Å². The molecule has 2 aromatic carbocycles. The summed E-state index contributed by atoms with van der Waals surface area (Å²) in [6, 6.07) is 8.63. The molecular formula is C25H31Cl2N3O6S. The number of carbonyl (C=O) groups is 2. The number of hydrogen-bond acceptors (Lipinski definition) is 6. The fourth-order valence-corrected chi connectivity index (χ4v) is 5.27. The zero-order valence-electron chi connectivity index (χ0n) is 21.2. The molecule has 0 bridgehead atoms. The van der Waals surface area contributed by atoms with Gasteiger partial charge in [0, 0.05) is 18.7 Å². The third kappa shape index (κ3) is 7.00. The van der Waals surface area contributed by atoms with Crippen molar-refractivity contribution in [2.24, 2.45) is 0 Å². The van der Waals surface area contributed by atoms with E-state index in [9.17, 15) is 18.0 Å². The van der Waals surface area contributed by atoms with Crippen LogP contribution in [0.25, 0.3) is 0 Å². The molecule has 1 N–H and O–H groups in total. The highest BCUT2D eigenvalue weighted by Gasteiger charge is 2.33. The third-order valence-electron chi connectivity index (χ3n) is 5.78. The summed E-state index contributed by atoms with van der Waals surface area (Å²) >= 11 is 12.2. The van der Waals surface area contributed by atoms with Crippen LogP contribution in [0.3, 0.4) is 0 Å². The zero-order valence-corrected chi connectivity index (χ0v) is 23.5. The zero-order chi connectivity index (χ0) is 27.3. The standard InChI is InChI=1S/C25H31Cl2N3O6S/c1-5-21(25(32)28-16(3)4)29(13-17-7-9-19(26)20(27)11-17)24(31)14-30(37(33,34)6-2)18-8-10-22-23(12-18)36-15-35-22/h7-12,16,21H,5-6,13-15H2,1-4H3,(H,28,32). The number of anilines is 1. The van der Waals surface area contributed by atoms with Crippen LogP contribution in [0, 0.1) is 0 Å². The Bertz CT molecular complexity index is 1250. The Morgan fingerprint density at radius 1 is 1.03 bits per heavy atom. The summed E-state index contributed by atoms with van der Waals surface area (Å²) < 4.78 is 37.9. The molecule has 0 fully saturated rings. The average Bonchev–Trinajstić information content (AvgIpc) is 3.31. The van der Waals surface area contributed by atoms with Gasteiger partial charge < -0.3 is 19.7 Å². The van der Waals surface area contributed by atoms with Crippen molar-refractivity contribution in [3.63, 3.8) is 0 Å². The van der Waals surface area contributed by atoms with E-state index in [1.807, 2.05) is 13.8 Å². The first-order valence-corrected chi connectivity index (χ1v) is 14.3. The van der Waals surface area contributed by atoms with Crippen LogP contribution in [-0.2, 0) is 26.2 Å². The molecule has 1 heterocycles. The Balaban J connectivity index is 1.99. The topological polar surface area (TPSA) is 105 Å². The highest BCUT2D eigenvalue weighted by Crippen LogP contribution is 2.36. The van der Waals surface area contributed by atoms with Crippen LogP contribution >= 0.6 is 23.2 Å². The number of benzene rings is 2. The number of carbonyl (C=O) groups excluding carboxylic acids is 2. The number of fused-ring (bicyclic) bond motifs is 1. The number of amides is 2. The van der Waals surface area contributed by atoms with Crippen molar-refractivity contribution in [2.45, 2.75) is 52.7 Å². The number of nitrogens with zero attached hydrogens (tertiary/aromatic N) is 2. The molecule has 0 saturated heterocycles. The van der Waals surface area contributed by atoms with E-state index < -0.39 is 28.5 Å². The molecule has 0 saturated carbocycles. The summed E-state index contributed by atoms with van der Waals surface area (Å²) in [5, 5.41) is 3.51. The molecule has 202 valence electrons. The monoisotopic (exact) mass is 571 g/mol. The van der Waals surface area contributed by atoms with E-state index in [0.717, 1.165) is 4.31 Å². The maximum atomic E-state index is 13.8. The largest absolute Gasteiger partial charge is 0.454 e. The molecule has 1 unspecified atom stereocenters. The lowest BCUT2D eigenvalue weighted by Crippen LogP contribution is -2.53. The molecule has 1 aliphatic rings. The van der Waals surface area contributed by atoms with Crippen LogP contribution in [0.2, 0.25) is 10.0 Å². The summed E-state index contributed by atoms with van der Waals surface area (Å²) in [7, 11) is -3.87. The smallest absolute Gasteiger partial charge is 0.244 e. The predicted octanol–water partition coefficient (Wildman–Crippen LogP) is 4.21. The van der Waals surface area contributed by atoms with Gasteiger partial charge in [0.15, 0.2) is 11.5 Å². The molecule has 1 aliphatic heterocycles. The van der Waals surface area contributed by atoms with Gasteiger partial charge in [-0.2, -0.15) is 0 Å². The highest BCUT2D eigenvalue weighted by molar-refractivity contribution is 7.92. The van der Waals surface area contributed by atoms with Gasteiger partial charge in [0.1, 0.15) is 12.6 Å². The molecule has 0 aliphatic carbocycles. The van der Waals surface area contributed by atoms with E-state index in [1.165, 1.54) is 17.9 Å². The van der Waals surface area contributed by atoms with Gasteiger partial charge in [-0.05, 0) is 57.0 Å². The second-order valence-electron chi connectivity index (χ2n) is 8.80. The molecule has 9 nitrogen and oxygen atoms in total. The van der Waals surface area contributed by atoms with Gasteiger partial charge in [0.05, 0.1) is 21.5 Å². The molecule has 37 heavy (non-hydrogen) atoms. The molecule has 0 spiro atoms. The van der Waals surface area contributed by atoms with Crippen LogP contribution in [0.1, 0.15) is 39.7 Å². The molecule has 2 amide bonds. The highest BCUT2D eigenvalue weighted by atomic mass is 35.5. The number of ether oxygens (including phenoxy) is 2. The van der Waals surface area contributed by atoms with Crippen LogP contribution in [0.5, 0.6) is 11.5 Å². The lowest BCUT2D eigenvalue weighted by atomic mass is 10.1. The van der Waals surface area contributed by atoms with Crippen molar-refractivity contribution in [3.8, 4) is 11.5 Å². The summed E-state index contributed by atoms with van der Waals surface area (Å²) in [6.45, 7) is 6.48. The van der Waals surface area contributed by atoms with Crippen LogP contribution in [-0.4, -0.2) is 56.3 Å². The van der Waals surface area contributed by atoms with E-state index in [0.29, 0.717) is 33.5 Å². The second kappa shape index (κ2) is 12.2. The van der Waals surface area contributed by atoms with Gasteiger partial charge in [0.25, 0.3) is 0 Å². The van der Waals surface area contributed by atoms with Gasteiger partial charge >= 0.3 is 0 Å². The van der Waals surface area contributed by atoms with Crippen molar-refractivity contribution in [1.29, 1.82) is 0 Å². The Morgan fingerprint density at radius 3 is 2.35 bits per heavy atom. The molecule has 3 rings (SSSR count). The van der Waals surface area contributed by atoms with Gasteiger partial charge in [-0.15, -0.1) is 0 Å². The minimum absolute atomic E-state index is 0.0266. The van der Waals surface area contributed by atoms with E-state index in [-0.39, 0.29) is 36.7 Å². The van der Waals surface area contributed by atoms with Crippen molar-refractivity contribution in [2.75, 3.05) is 23.4 Å². The minimum Gasteiger partial charge on any atom is -0.454 e. The lowest BCUT2D eigenvalue weighted by molar-refractivity contribution is -0.140. The molecule has 1 atom stereocenters. The summed E-state index contributed by atoms with van der Waals surface area (Å²) in [4.78, 5) is 28.2. The number of hydrogen-bond donors (Lipinski definition) is 1. The van der Waals surface area contributed by atoms with Crippen molar-refractivity contribution in [3.05, 3.63) is 52.0 Å². The summed E-state index contributed by atoms with van der Waals surface area (Å²) in [6.07, 6.45) is 0.316. The molecular weight excluding hydrogens is 541 g/mol. The van der Waals surface area contributed by atoms with Crippen LogP contribution in [0.15, 0.2) is 36.4 Å². The normalized spacial score (nSPS) is 13.4. The maximum absolute atomic E-state index is 13.8. The number of sulfonamides is 1. The van der Waals surface area contributed by atoms with Gasteiger partial charge in [0.2, 0.25) is 28.6 Å². The Kier molecular flexibility index (Phi) is 9.55. The predicted molar refractivity (Wildman–Crippen MR) is 144 cm³/mol. The minimum atomic E-state index is -3.87. The first kappa shape index (κ1) is 28.9. The quantitative estimate of drug-likeness (QED) is 0.433. The second-order valence-corrected chi connectivity index (χ2v) is 11.8. The number of nitrogens with one attached hydrogen (secondary N) is 1. The molecule has 0 radical (unpaired) electrons. The summed E-state index contributed by atoms with van der Waals surface area (Å²) in [5.41, 5.74) is 0.903. The Labute approximate surface area is 227 Å². The van der Waals surface area contributed by atoms with Crippen LogP contribution < -0.4 is 19.1 Å². The third-order valence-corrected chi connectivity index (χ3v) is 8.26. The Morgan fingerprint density at radius 2 is 1.73 bits per heavy atom. The maximum Gasteiger partial charge on any atom is 0.244 e. The average molecular weight is 573 g/mol. The first-order chi connectivity index (χ1) is 17.5. The van der Waals surface area contributed by atoms with E-state index >= 15 is 0 Å². The fraction of sp³-hybridized carbons (Fsp3) is 0.440. The molecule has 2 aromatic rings. The molecule has 12 heteroatoms. The van der Waals surface area contributed by atoms with E-state index in [4.69, 9.17) is 32.7 Å². The Hall–Kier alpha value is -2.69. The number of rotatable bonds is 11. The van der Waals surface area contributed by atoms with Crippen molar-refractivity contribution in [1.82, 2.24) is 10.2 Å². The van der Waals surface area contributed by atoms with E-state index in [1.54, 1.807) is 37.3 Å². The van der Waals surface area contributed by atoms with Gasteiger partial charge in [-0.25, -0.2) is 8.42 Å².